The number of anilines is 1. The minimum atomic E-state index is -0.484. The van der Waals surface area contributed by atoms with Crippen molar-refractivity contribution in [2.24, 2.45) is 0 Å². The number of carbonyl (C=O) groups is 1. The van der Waals surface area contributed by atoms with Gasteiger partial charge in [-0.05, 0) is 36.2 Å². The van der Waals surface area contributed by atoms with Crippen LogP contribution >= 0.6 is 15.9 Å². The van der Waals surface area contributed by atoms with E-state index in [-0.39, 0.29) is 5.57 Å². The van der Waals surface area contributed by atoms with Crippen LogP contribution in [0.5, 0.6) is 5.75 Å². The van der Waals surface area contributed by atoms with Gasteiger partial charge in [0.2, 0.25) is 0 Å². The highest BCUT2D eigenvalue weighted by molar-refractivity contribution is 9.10. The minimum absolute atomic E-state index is 0.000137. The van der Waals surface area contributed by atoms with Crippen molar-refractivity contribution in [2.75, 3.05) is 19.0 Å². The van der Waals surface area contributed by atoms with Crippen LogP contribution < -0.4 is 15.4 Å². The first-order valence-corrected chi connectivity index (χ1v) is 8.46. The van der Waals surface area contributed by atoms with Crippen molar-refractivity contribution in [1.82, 2.24) is 5.32 Å². The van der Waals surface area contributed by atoms with Crippen LogP contribution in [-0.4, -0.2) is 19.6 Å². The molecule has 0 aliphatic rings. The highest BCUT2D eigenvalue weighted by Gasteiger charge is 2.11. The first kappa shape index (κ1) is 18.6. The Morgan fingerprint density at radius 2 is 2.08 bits per heavy atom. The molecule has 0 heterocycles. The summed E-state index contributed by atoms with van der Waals surface area (Å²) in [5, 5.41) is 14.9. The Kier molecular flexibility index (Phi) is 7.05. The lowest BCUT2D eigenvalue weighted by atomic mass is 10.1. The molecule has 2 aromatic carbocycles. The lowest BCUT2D eigenvalue weighted by molar-refractivity contribution is -0.112. The molecule has 128 valence electrons. The van der Waals surface area contributed by atoms with E-state index >= 15 is 0 Å². The van der Waals surface area contributed by atoms with Crippen LogP contribution in [0.2, 0.25) is 0 Å². The van der Waals surface area contributed by atoms with Gasteiger partial charge in [-0.1, -0.05) is 40.2 Å². The van der Waals surface area contributed by atoms with Crippen LogP contribution in [0.4, 0.5) is 5.69 Å². The number of benzene rings is 2. The number of amides is 1. The summed E-state index contributed by atoms with van der Waals surface area (Å²) in [6, 6.07) is 16.9. The zero-order chi connectivity index (χ0) is 18.1. The topological polar surface area (TPSA) is 74.1 Å². The number of carbonyl (C=O) groups excluding carboxylic acids is 1. The first-order valence-electron chi connectivity index (χ1n) is 7.66. The maximum absolute atomic E-state index is 12.2. The molecule has 0 saturated heterocycles. The molecule has 2 aromatic rings. The number of methoxy groups -OCH3 is 1. The van der Waals surface area contributed by atoms with Gasteiger partial charge in [0, 0.05) is 17.2 Å². The zero-order valence-corrected chi connectivity index (χ0v) is 15.3. The molecule has 0 radical (unpaired) electrons. The van der Waals surface area contributed by atoms with Crippen molar-refractivity contribution in [3.8, 4) is 11.8 Å². The van der Waals surface area contributed by atoms with Gasteiger partial charge in [-0.2, -0.15) is 5.26 Å². The van der Waals surface area contributed by atoms with Gasteiger partial charge in [-0.15, -0.1) is 0 Å². The largest absolute Gasteiger partial charge is 0.495 e. The summed E-state index contributed by atoms with van der Waals surface area (Å²) in [6.45, 7) is 0.615. The average molecular weight is 400 g/mol. The first-order chi connectivity index (χ1) is 12.1. The van der Waals surface area contributed by atoms with Gasteiger partial charge < -0.3 is 15.4 Å². The van der Waals surface area contributed by atoms with E-state index < -0.39 is 5.91 Å². The number of hydrogen-bond acceptors (Lipinski definition) is 4. The molecule has 0 bridgehead atoms. The summed E-state index contributed by atoms with van der Waals surface area (Å²) in [7, 11) is 1.52. The average Bonchev–Trinajstić information content (AvgIpc) is 2.62. The van der Waals surface area contributed by atoms with Gasteiger partial charge in [-0.25, -0.2) is 0 Å². The molecule has 6 heteroatoms. The summed E-state index contributed by atoms with van der Waals surface area (Å²) in [5.41, 5.74) is 1.68. The Hall–Kier alpha value is -2.78. The Bertz CT molecular complexity index is 812. The fraction of sp³-hybridized carbons (Fsp3) is 0.158. The van der Waals surface area contributed by atoms with Crippen LogP contribution in [0.15, 0.2) is 64.8 Å². The molecule has 2 N–H and O–H groups in total. The number of halogens is 1. The van der Waals surface area contributed by atoms with Crippen LogP contribution in [0.25, 0.3) is 0 Å². The van der Waals surface area contributed by atoms with E-state index in [2.05, 4.69) is 26.6 Å². The van der Waals surface area contributed by atoms with Crippen LogP contribution in [-0.2, 0) is 11.2 Å². The summed E-state index contributed by atoms with van der Waals surface area (Å²) >= 11 is 3.43. The standard InChI is InChI=1S/C19H18BrN3O2/c1-25-18-8-3-2-7-17(18)23-19(24)15(12-21)13-22-10-9-14-5-4-6-16(20)11-14/h2-8,11,13,22H,9-10H2,1H3,(H,23,24)/b15-13-. The molecule has 5 nitrogen and oxygen atoms in total. The lowest BCUT2D eigenvalue weighted by Crippen LogP contribution is -2.18. The molecule has 0 atom stereocenters. The molecule has 0 aromatic heterocycles. The van der Waals surface area contributed by atoms with Gasteiger partial charge in [0.15, 0.2) is 0 Å². The highest BCUT2D eigenvalue weighted by atomic mass is 79.9. The van der Waals surface area contributed by atoms with Crippen molar-refractivity contribution in [1.29, 1.82) is 5.26 Å². The van der Waals surface area contributed by atoms with Crippen LogP contribution in [0, 0.1) is 11.3 Å². The van der Waals surface area contributed by atoms with Gasteiger partial charge in [0.05, 0.1) is 12.8 Å². The molecule has 2 rings (SSSR count). The summed E-state index contributed by atoms with van der Waals surface area (Å²) in [5.74, 6) is 0.0534. The van der Waals surface area contributed by atoms with Gasteiger partial charge in [0.1, 0.15) is 17.4 Å². The second-order valence-electron chi connectivity index (χ2n) is 5.16. The zero-order valence-electron chi connectivity index (χ0n) is 13.8. The van der Waals surface area contributed by atoms with E-state index in [1.54, 1.807) is 24.3 Å². The van der Waals surface area contributed by atoms with E-state index in [4.69, 9.17) is 4.74 Å². The van der Waals surface area contributed by atoms with E-state index in [0.717, 1.165) is 16.5 Å². The Morgan fingerprint density at radius 3 is 2.80 bits per heavy atom. The molecule has 1 amide bonds. The molecule has 0 aliphatic heterocycles. The second kappa shape index (κ2) is 9.50. The predicted molar refractivity (Wildman–Crippen MR) is 101 cm³/mol. The van der Waals surface area contributed by atoms with Crippen LogP contribution in [0.1, 0.15) is 5.56 Å². The van der Waals surface area contributed by atoms with Crippen molar-refractivity contribution in [3.05, 3.63) is 70.3 Å². The number of nitriles is 1. The molecule has 0 saturated carbocycles. The quantitative estimate of drug-likeness (QED) is 0.423. The Morgan fingerprint density at radius 1 is 1.28 bits per heavy atom. The number of hydrogen-bond donors (Lipinski definition) is 2. The second-order valence-corrected chi connectivity index (χ2v) is 6.07. The summed E-state index contributed by atoms with van der Waals surface area (Å²) in [4.78, 5) is 12.2. The fourth-order valence-corrected chi connectivity index (χ4v) is 2.62. The third-order valence-electron chi connectivity index (χ3n) is 3.41. The van der Waals surface area contributed by atoms with Crippen molar-refractivity contribution in [2.45, 2.75) is 6.42 Å². The molecule has 0 unspecified atom stereocenters. The van der Waals surface area contributed by atoms with Gasteiger partial charge in [0.25, 0.3) is 5.91 Å². The molecular weight excluding hydrogens is 382 g/mol. The number of nitrogens with zero attached hydrogens (tertiary/aromatic N) is 1. The van der Waals surface area contributed by atoms with E-state index in [1.807, 2.05) is 30.3 Å². The smallest absolute Gasteiger partial charge is 0.267 e. The predicted octanol–water partition coefficient (Wildman–Crippen LogP) is 3.64. The SMILES string of the molecule is COc1ccccc1NC(=O)/C(C#N)=C\NCCc1cccc(Br)c1. The third kappa shape index (κ3) is 5.66. The molecule has 25 heavy (non-hydrogen) atoms. The van der Waals surface area contributed by atoms with Gasteiger partial charge >= 0.3 is 0 Å². The number of rotatable bonds is 7. The van der Waals surface area contributed by atoms with Crippen molar-refractivity contribution < 1.29 is 9.53 Å². The maximum atomic E-state index is 12.2. The number of para-hydroxylation sites is 2. The summed E-state index contributed by atoms with van der Waals surface area (Å²) < 4.78 is 6.20. The Balaban J connectivity index is 1.93. The number of nitrogens with one attached hydrogen (secondary N) is 2. The number of ether oxygens (including phenoxy) is 1. The summed E-state index contributed by atoms with van der Waals surface area (Å²) in [6.07, 6.45) is 2.21. The van der Waals surface area contributed by atoms with E-state index in [1.165, 1.54) is 13.3 Å². The highest BCUT2D eigenvalue weighted by Crippen LogP contribution is 2.23. The normalized spacial score (nSPS) is 10.7. The molecular formula is C19H18BrN3O2. The fourth-order valence-electron chi connectivity index (χ4n) is 2.17. The van der Waals surface area contributed by atoms with Crippen LogP contribution in [0.3, 0.4) is 0 Å². The third-order valence-corrected chi connectivity index (χ3v) is 3.91. The molecule has 0 aliphatic carbocycles. The van der Waals surface area contributed by atoms with Gasteiger partial charge in [-0.3, -0.25) is 4.79 Å². The monoisotopic (exact) mass is 399 g/mol. The molecule has 0 spiro atoms. The lowest BCUT2D eigenvalue weighted by Gasteiger charge is -2.09. The minimum Gasteiger partial charge on any atom is -0.495 e. The van der Waals surface area contributed by atoms with Crippen molar-refractivity contribution in [3.63, 3.8) is 0 Å². The maximum Gasteiger partial charge on any atom is 0.267 e. The van der Waals surface area contributed by atoms with E-state index in [0.29, 0.717) is 18.0 Å². The molecule has 0 fully saturated rings. The van der Waals surface area contributed by atoms with Crippen molar-refractivity contribution >= 4 is 27.5 Å². The Labute approximate surface area is 155 Å². The van der Waals surface area contributed by atoms with E-state index in [9.17, 15) is 10.1 Å².